The highest BCUT2D eigenvalue weighted by molar-refractivity contribution is 7.97. The first kappa shape index (κ1) is 23.0. The number of nitrogens with one attached hydrogen (secondary N) is 2. The van der Waals surface area contributed by atoms with Gasteiger partial charge in [-0.2, -0.15) is 4.98 Å². The minimum Gasteiger partial charge on any atom is -0.372 e. The molecule has 2 aromatic carbocycles. The van der Waals surface area contributed by atoms with Crippen molar-refractivity contribution in [3.05, 3.63) is 60.3 Å². The minimum atomic E-state index is 0.0562. The van der Waals surface area contributed by atoms with E-state index < -0.39 is 0 Å². The Morgan fingerprint density at radius 2 is 1.71 bits per heavy atom. The molecule has 2 aliphatic rings. The van der Waals surface area contributed by atoms with Crippen LogP contribution in [0.3, 0.4) is 0 Å². The van der Waals surface area contributed by atoms with E-state index in [4.69, 9.17) is 4.98 Å². The van der Waals surface area contributed by atoms with E-state index in [2.05, 4.69) is 94.1 Å². The van der Waals surface area contributed by atoms with Crippen LogP contribution in [-0.2, 0) is 6.42 Å². The highest BCUT2D eigenvalue weighted by Gasteiger charge is 2.23. The van der Waals surface area contributed by atoms with E-state index in [9.17, 15) is 0 Å². The fourth-order valence-electron chi connectivity index (χ4n) is 4.42. The van der Waals surface area contributed by atoms with E-state index in [1.807, 2.05) is 6.20 Å². The van der Waals surface area contributed by atoms with Crippen molar-refractivity contribution in [2.45, 2.75) is 56.9 Å². The molecule has 178 valence electrons. The maximum absolute atomic E-state index is 4.90. The third-order valence-electron chi connectivity index (χ3n) is 6.15. The number of rotatable bonds is 6. The lowest BCUT2D eigenvalue weighted by atomic mass is 10.1. The van der Waals surface area contributed by atoms with Gasteiger partial charge in [-0.25, -0.2) is 4.98 Å². The maximum Gasteiger partial charge on any atom is 0.229 e. The van der Waals surface area contributed by atoms with E-state index >= 15 is 0 Å². The van der Waals surface area contributed by atoms with Gasteiger partial charge in [-0.05, 0) is 101 Å². The zero-order valence-corrected chi connectivity index (χ0v) is 21.2. The van der Waals surface area contributed by atoms with Crippen molar-refractivity contribution in [2.75, 3.05) is 34.8 Å². The van der Waals surface area contributed by atoms with Crippen molar-refractivity contribution in [3.8, 4) is 0 Å². The summed E-state index contributed by atoms with van der Waals surface area (Å²) in [5.41, 5.74) is 4.72. The smallest absolute Gasteiger partial charge is 0.229 e. The molecule has 1 aromatic heterocycles. The molecule has 0 atom stereocenters. The summed E-state index contributed by atoms with van der Waals surface area (Å²) in [6.45, 7) is 9.75. The molecule has 2 aliphatic heterocycles. The molecule has 0 radical (unpaired) electrons. The Bertz CT molecular complexity index is 1120. The Kier molecular flexibility index (Phi) is 6.66. The summed E-state index contributed by atoms with van der Waals surface area (Å²) in [5, 5.41) is 3.40. The molecular weight excluding hydrogens is 440 g/mol. The highest BCUT2D eigenvalue weighted by atomic mass is 32.2. The quantitative estimate of drug-likeness (QED) is 0.407. The predicted molar refractivity (Wildman–Crippen MR) is 144 cm³/mol. The van der Waals surface area contributed by atoms with Crippen LogP contribution in [-0.4, -0.2) is 35.1 Å². The first-order valence-electron chi connectivity index (χ1n) is 12.2. The fourth-order valence-corrected chi connectivity index (χ4v) is 5.17. The van der Waals surface area contributed by atoms with Crippen molar-refractivity contribution < 1.29 is 0 Å². The van der Waals surface area contributed by atoms with Gasteiger partial charge < -0.3 is 15.1 Å². The maximum atomic E-state index is 4.90. The Morgan fingerprint density at radius 1 is 0.912 bits per heavy atom. The second-order valence-electron chi connectivity index (χ2n) is 10.1. The predicted octanol–water partition coefficient (Wildman–Crippen LogP) is 6.30. The van der Waals surface area contributed by atoms with Gasteiger partial charge in [0.25, 0.3) is 0 Å². The molecule has 1 fully saturated rings. The van der Waals surface area contributed by atoms with Crippen LogP contribution in [0.2, 0.25) is 0 Å². The van der Waals surface area contributed by atoms with Crippen LogP contribution in [0.4, 0.5) is 28.8 Å². The van der Waals surface area contributed by atoms with Gasteiger partial charge in [-0.1, -0.05) is 6.07 Å². The van der Waals surface area contributed by atoms with E-state index in [-0.39, 0.29) is 5.54 Å². The normalized spacial score (nSPS) is 16.0. The van der Waals surface area contributed by atoms with Crippen LogP contribution >= 0.6 is 11.9 Å². The molecule has 5 rings (SSSR count). The fraction of sp³-hybridized carbons (Fsp3) is 0.407. The van der Waals surface area contributed by atoms with Gasteiger partial charge in [-0.15, -0.1) is 0 Å². The van der Waals surface area contributed by atoms with Gasteiger partial charge in [-0.3, -0.25) is 4.72 Å². The first-order valence-corrected chi connectivity index (χ1v) is 13.1. The lowest BCUT2D eigenvalue weighted by molar-refractivity contribution is 0.535. The molecule has 3 aromatic rings. The van der Waals surface area contributed by atoms with Crippen molar-refractivity contribution in [1.82, 2.24) is 14.7 Å². The van der Waals surface area contributed by atoms with Crippen molar-refractivity contribution in [3.63, 3.8) is 0 Å². The second kappa shape index (κ2) is 9.84. The summed E-state index contributed by atoms with van der Waals surface area (Å²) >= 11 is 1.67. The summed E-state index contributed by atoms with van der Waals surface area (Å²) in [7, 11) is 0. The van der Waals surface area contributed by atoms with Gasteiger partial charge in [0.05, 0.1) is 0 Å². The SMILES string of the molecule is CC(C)(C)NSc1cccc(N2CCc3cnc(Nc4ccc(N5CCCCC5)cc4)nc32)c1. The number of aromatic nitrogens is 2. The number of piperidine rings is 1. The summed E-state index contributed by atoms with van der Waals surface area (Å²) in [6, 6.07) is 17.3. The second-order valence-corrected chi connectivity index (χ2v) is 11.0. The number of benzene rings is 2. The number of nitrogens with zero attached hydrogens (tertiary/aromatic N) is 4. The van der Waals surface area contributed by atoms with Crippen LogP contribution in [0, 0.1) is 0 Å². The highest BCUT2D eigenvalue weighted by Crippen LogP contribution is 2.35. The number of hydrogen-bond acceptors (Lipinski definition) is 7. The molecule has 6 nitrogen and oxygen atoms in total. The molecule has 7 heteroatoms. The minimum absolute atomic E-state index is 0.0562. The Morgan fingerprint density at radius 3 is 2.47 bits per heavy atom. The average molecular weight is 475 g/mol. The monoisotopic (exact) mass is 474 g/mol. The summed E-state index contributed by atoms with van der Waals surface area (Å²) in [5.74, 6) is 1.63. The van der Waals surface area contributed by atoms with Crippen LogP contribution in [0.25, 0.3) is 0 Å². The zero-order valence-electron chi connectivity index (χ0n) is 20.3. The van der Waals surface area contributed by atoms with Crippen LogP contribution in [0.1, 0.15) is 45.6 Å². The standard InChI is InChI=1S/C27H34N6S/c1-27(2,3)31-34-24-9-7-8-23(18-24)33-17-14-20-19-28-26(30-25(20)33)29-21-10-12-22(13-11-21)32-15-5-4-6-16-32/h7-13,18-19,31H,4-6,14-17H2,1-3H3,(H,28,29,30). The van der Waals surface area contributed by atoms with Crippen LogP contribution < -0.4 is 19.8 Å². The topological polar surface area (TPSA) is 56.3 Å². The molecule has 0 unspecified atom stereocenters. The summed E-state index contributed by atoms with van der Waals surface area (Å²) < 4.78 is 3.50. The Balaban J connectivity index is 1.30. The third-order valence-corrected chi connectivity index (χ3v) is 7.36. The molecule has 0 spiro atoms. The Hall–Kier alpha value is -2.77. The first-order chi connectivity index (χ1) is 16.4. The van der Waals surface area contributed by atoms with E-state index in [0.29, 0.717) is 5.95 Å². The van der Waals surface area contributed by atoms with Gasteiger partial charge in [0.15, 0.2) is 0 Å². The van der Waals surface area contributed by atoms with Crippen LogP contribution in [0.5, 0.6) is 0 Å². The average Bonchev–Trinajstić information content (AvgIpc) is 3.27. The Labute approximate surface area is 207 Å². The van der Waals surface area contributed by atoms with Gasteiger partial charge >= 0.3 is 0 Å². The van der Waals surface area contributed by atoms with Crippen molar-refractivity contribution in [2.24, 2.45) is 0 Å². The lowest BCUT2D eigenvalue weighted by Gasteiger charge is -2.28. The molecule has 0 bridgehead atoms. The summed E-state index contributed by atoms with van der Waals surface area (Å²) in [6.07, 6.45) is 6.84. The zero-order chi connectivity index (χ0) is 23.5. The van der Waals surface area contributed by atoms with Crippen LogP contribution in [0.15, 0.2) is 59.6 Å². The number of fused-ring (bicyclic) bond motifs is 1. The van der Waals surface area contributed by atoms with Gasteiger partial charge in [0, 0.05) is 58.9 Å². The molecule has 0 aliphatic carbocycles. The molecule has 0 saturated carbocycles. The number of anilines is 5. The summed E-state index contributed by atoms with van der Waals surface area (Å²) in [4.78, 5) is 15.5. The molecule has 34 heavy (non-hydrogen) atoms. The molecule has 0 amide bonds. The molecule has 1 saturated heterocycles. The molecular formula is C27H34N6S. The largest absolute Gasteiger partial charge is 0.372 e. The van der Waals surface area contributed by atoms with E-state index in [1.165, 1.54) is 35.4 Å². The van der Waals surface area contributed by atoms with Crippen molar-refractivity contribution >= 4 is 40.8 Å². The molecule has 3 heterocycles. The van der Waals surface area contributed by atoms with Gasteiger partial charge in [0.2, 0.25) is 5.95 Å². The number of hydrogen-bond donors (Lipinski definition) is 2. The van der Waals surface area contributed by atoms with Crippen molar-refractivity contribution in [1.29, 1.82) is 0 Å². The van der Waals surface area contributed by atoms with Gasteiger partial charge in [0.1, 0.15) is 5.82 Å². The van der Waals surface area contributed by atoms with E-state index in [0.717, 1.165) is 43.2 Å². The molecule has 2 N–H and O–H groups in total. The van der Waals surface area contributed by atoms with E-state index in [1.54, 1.807) is 11.9 Å². The third kappa shape index (κ3) is 5.47. The lowest BCUT2D eigenvalue weighted by Crippen LogP contribution is -2.29.